The maximum absolute atomic E-state index is 12.4. The molecule has 0 bridgehead atoms. The Hall–Kier alpha value is -3.16. The van der Waals surface area contributed by atoms with Crippen LogP contribution in [0.2, 0.25) is 0 Å². The second-order valence-electron chi connectivity index (χ2n) is 7.19. The van der Waals surface area contributed by atoms with Gasteiger partial charge in [-0.3, -0.25) is 4.79 Å². The van der Waals surface area contributed by atoms with Crippen molar-refractivity contribution in [2.24, 2.45) is 0 Å². The van der Waals surface area contributed by atoms with Crippen LogP contribution in [0.5, 0.6) is 5.75 Å². The molecule has 3 aromatic rings. The molecule has 0 fully saturated rings. The molecule has 0 spiro atoms. The molecule has 3 aromatic carbocycles. The fourth-order valence-corrected chi connectivity index (χ4v) is 3.99. The maximum Gasteiger partial charge on any atom is 0.251 e. The van der Waals surface area contributed by atoms with E-state index in [1.165, 1.54) is 30.4 Å². The number of rotatable bonds is 9. The van der Waals surface area contributed by atoms with Crippen LogP contribution in [0.3, 0.4) is 0 Å². The van der Waals surface area contributed by atoms with Gasteiger partial charge in [-0.05, 0) is 60.9 Å². The van der Waals surface area contributed by atoms with Crippen LogP contribution in [0, 0.1) is 6.92 Å². The molecule has 0 aliphatic carbocycles. The van der Waals surface area contributed by atoms with Gasteiger partial charge in [0.1, 0.15) is 5.75 Å². The Balaban J connectivity index is 1.50. The number of benzene rings is 3. The summed E-state index contributed by atoms with van der Waals surface area (Å²) in [5.74, 6) is 0.434. The second kappa shape index (κ2) is 10.2. The number of amides is 1. The van der Waals surface area contributed by atoms with Gasteiger partial charge in [-0.1, -0.05) is 42.0 Å². The number of carbonyl (C=O) groups is 1. The molecule has 0 heterocycles. The van der Waals surface area contributed by atoms with Gasteiger partial charge in [-0.15, -0.1) is 0 Å². The van der Waals surface area contributed by atoms with E-state index in [9.17, 15) is 13.2 Å². The Bertz CT molecular complexity index is 1110. The lowest BCUT2D eigenvalue weighted by Crippen LogP contribution is -2.26. The fraction of sp³-hybridized carbons (Fsp3) is 0.208. The number of ether oxygens (including phenoxy) is 1. The van der Waals surface area contributed by atoms with Crippen molar-refractivity contribution in [3.8, 4) is 5.75 Å². The Labute approximate surface area is 183 Å². The van der Waals surface area contributed by atoms with Gasteiger partial charge in [0.25, 0.3) is 5.91 Å². The van der Waals surface area contributed by atoms with E-state index < -0.39 is 10.0 Å². The van der Waals surface area contributed by atoms with Crippen molar-refractivity contribution in [3.63, 3.8) is 0 Å². The third-order valence-corrected chi connectivity index (χ3v) is 6.29. The van der Waals surface area contributed by atoms with Gasteiger partial charge in [0.15, 0.2) is 0 Å². The SMILES string of the molecule is COc1ccc(S(=O)(=O)NCc2ccc(C(=O)NCCc3ccc(C)cc3)cc2)cc1. The van der Waals surface area contributed by atoms with E-state index in [2.05, 4.69) is 34.3 Å². The third-order valence-electron chi connectivity index (χ3n) is 4.87. The Morgan fingerprint density at radius 1 is 0.871 bits per heavy atom. The van der Waals surface area contributed by atoms with Crippen LogP contribution in [0.15, 0.2) is 77.7 Å². The predicted octanol–water partition coefficient (Wildman–Crippen LogP) is 3.45. The molecule has 2 N–H and O–H groups in total. The van der Waals surface area contributed by atoms with Crippen LogP contribution in [-0.4, -0.2) is 28.0 Å². The molecule has 0 unspecified atom stereocenters. The van der Waals surface area contributed by atoms with E-state index in [0.717, 1.165) is 12.0 Å². The van der Waals surface area contributed by atoms with E-state index in [1.807, 2.05) is 6.92 Å². The first-order chi connectivity index (χ1) is 14.9. The highest BCUT2D eigenvalue weighted by Gasteiger charge is 2.14. The number of nitrogens with one attached hydrogen (secondary N) is 2. The molecule has 0 radical (unpaired) electrons. The molecule has 0 aliphatic heterocycles. The summed E-state index contributed by atoms with van der Waals surface area (Å²) in [6, 6.07) is 21.3. The Morgan fingerprint density at radius 2 is 1.48 bits per heavy atom. The van der Waals surface area contributed by atoms with Crippen molar-refractivity contribution < 1.29 is 17.9 Å². The van der Waals surface area contributed by atoms with Crippen molar-refractivity contribution in [1.82, 2.24) is 10.0 Å². The van der Waals surface area contributed by atoms with Gasteiger partial charge in [-0.25, -0.2) is 13.1 Å². The van der Waals surface area contributed by atoms with Crippen LogP contribution in [0.1, 0.15) is 27.0 Å². The highest BCUT2D eigenvalue weighted by Crippen LogP contribution is 2.16. The van der Waals surface area contributed by atoms with Gasteiger partial charge in [0, 0.05) is 18.7 Å². The quantitative estimate of drug-likeness (QED) is 0.536. The largest absolute Gasteiger partial charge is 0.497 e. The average Bonchev–Trinajstić information content (AvgIpc) is 2.79. The minimum atomic E-state index is -3.64. The highest BCUT2D eigenvalue weighted by atomic mass is 32.2. The summed E-state index contributed by atoms with van der Waals surface area (Å²) >= 11 is 0. The van der Waals surface area contributed by atoms with Crippen molar-refractivity contribution in [3.05, 3.63) is 95.1 Å². The van der Waals surface area contributed by atoms with Crippen LogP contribution >= 0.6 is 0 Å². The molecule has 7 heteroatoms. The molecule has 0 aliphatic rings. The summed E-state index contributed by atoms with van der Waals surface area (Å²) in [6.45, 7) is 2.72. The van der Waals surface area contributed by atoms with Gasteiger partial charge in [0.05, 0.1) is 12.0 Å². The predicted molar refractivity (Wildman–Crippen MR) is 121 cm³/mol. The summed E-state index contributed by atoms with van der Waals surface area (Å²) in [4.78, 5) is 12.5. The van der Waals surface area contributed by atoms with Crippen LogP contribution < -0.4 is 14.8 Å². The number of hydrogen-bond donors (Lipinski definition) is 2. The van der Waals surface area contributed by atoms with Gasteiger partial charge >= 0.3 is 0 Å². The number of aryl methyl sites for hydroxylation is 1. The first-order valence-electron chi connectivity index (χ1n) is 9.94. The molecule has 0 saturated carbocycles. The van der Waals surface area contributed by atoms with Crippen LogP contribution in [-0.2, 0) is 23.0 Å². The molecular weight excluding hydrogens is 412 g/mol. The molecule has 31 heavy (non-hydrogen) atoms. The summed E-state index contributed by atoms with van der Waals surface area (Å²) in [6.07, 6.45) is 0.761. The summed E-state index contributed by atoms with van der Waals surface area (Å²) < 4.78 is 32.4. The lowest BCUT2D eigenvalue weighted by atomic mass is 10.1. The average molecular weight is 439 g/mol. The minimum Gasteiger partial charge on any atom is -0.497 e. The molecule has 162 valence electrons. The van der Waals surface area contributed by atoms with E-state index in [1.54, 1.807) is 36.4 Å². The highest BCUT2D eigenvalue weighted by molar-refractivity contribution is 7.89. The van der Waals surface area contributed by atoms with Crippen LogP contribution in [0.25, 0.3) is 0 Å². The first-order valence-corrected chi connectivity index (χ1v) is 11.4. The number of hydrogen-bond acceptors (Lipinski definition) is 4. The summed E-state index contributed by atoms with van der Waals surface area (Å²) in [5.41, 5.74) is 3.67. The van der Waals surface area contributed by atoms with Gasteiger partial charge < -0.3 is 10.1 Å². The number of methoxy groups -OCH3 is 1. The number of sulfonamides is 1. The molecule has 0 atom stereocenters. The first kappa shape index (κ1) is 22.5. The topological polar surface area (TPSA) is 84.5 Å². The standard InChI is InChI=1S/C24H26N2O4S/c1-18-3-5-19(6-4-18)15-16-25-24(27)21-9-7-20(8-10-21)17-26-31(28,29)23-13-11-22(30-2)12-14-23/h3-14,26H,15-17H2,1-2H3,(H,25,27). The van der Waals surface area contributed by atoms with Crippen molar-refractivity contribution in [1.29, 1.82) is 0 Å². The third kappa shape index (κ3) is 6.41. The second-order valence-corrected chi connectivity index (χ2v) is 8.96. The lowest BCUT2D eigenvalue weighted by molar-refractivity contribution is 0.0954. The smallest absolute Gasteiger partial charge is 0.251 e. The summed E-state index contributed by atoms with van der Waals surface area (Å²) in [7, 11) is -2.11. The zero-order valence-electron chi connectivity index (χ0n) is 17.6. The van der Waals surface area contributed by atoms with Crippen molar-refractivity contribution in [2.45, 2.75) is 24.8 Å². The fourth-order valence-electron chi connectivity index (χ4n) is 2.97. The zero-order valence-corrected chi connectivity index (χ0v) is 18.4. The maximum atomic E-state index is 12.4. The molecule has 3 rings (SSSR count). The Kier molecular flexibility index (Phi) is 7.44. The zero-order chi connectivity index (χ0) is 22.3. The normalized spacial score (nSPS) is 11.2. The van der Waals surface area contributed by atoms with E-state index in [-0.39, 0.29) is 17.3 Å². The molecule has 0 saturated heterocycles. The van der Waals surface area contributed by atoms with Crippen LogP contribution in [0.4, 0.5) is 0 Å². The summed E-state index contributed by atoms with van der Waals surface area (Å²) in [5, 5.41) is 2.91. The molecule has 0 aromatic heterocycles. The Morgan fingerprint density at radius 3 is 2.10 bits per heavy atom. The van der Waals surface area contributed by atoms with E-state index in [4.69, 9.17) is 4.74 Å². The monoisotopic (exact) mass is 438 g/mol. The van der Waals surface area contributed by atoms with Crippen molar-refractivity contribution >= 4 is 15.9 Å². The van der Waals surface area contributed by atoms with Gasteiger partial charge in [-0.2, -0.15) is 0 Å². The molecule has 1 amide bonds. The molecule has 6 nitrogen and oxygen atoms in total. The number of carbonyl (C=O) groups excluding carboxylic acids is 1. The minimum absolute atomic E-state index is 0.129. The lowest BCUT2D eigenvalue weighted by Gasteiger charge is -2.09. The van der Waals surface area contributed by atoms with Crippen molar-refractivity contribution in [2.75, 3.05) is 13.7 Å². The van der Waals surface area contributed by atoms with Gasteiger partial charge in [0.2, 0.25) is 10.0 Å². The van der Waals surface area contributed by atoms with E-state index >= 15 is 0 Å². The van der Waals surface area contributed by atoms with E-state index in [0.29, 0.717) is 17.9 Å². The molecular formula is C24H26N2O4S.